The van der Waals surface area contributed by atoms with Gasteiger partial charge < -0.3 is 14.8 Å². The van der Waals surface area contributed by atoms with Crippen molar-refractivity contribution in [3.8, 4) is 0 Å². The second-order valence-corrected chi connectivity index (χ2v) is 4.25. The normalized spacial score (nSPS) is 11.6. The van der Waals surface area contributed by atoms with Crippen LogP contribution in [0.3, 0.4) is 0 Å². The molecule has 0 bridgehead atoms. The van der Waals surface area contributed by atoms with Gasteiger partial charge in [-0.3, -0.25) is 4.90 Å². The van der Waals surface area contributed by atoms with Crippen LogP contribution in [0.15, 0.2) is 30.3 Å². The van der Waals surface area contributed by atoms with Gasteiger partial charge in [-0.2, -0.15) is 0 Å². The molecule has 0 saturated heterocycles. The zero-order chi connectivity index (χ0) is 15.0. The zero-order valence-electron chi connectivity index (χ0n) is 12.0. The molecule has 0 spiro atoms. The first-order valence-electron chi connectivity index (χ1n) is 6.26. The lowest BCUT2D eigenvalue weighted by molar-refractivity contribution is -0.145. The van der Waals surface area contributed by atoms with Crippen molar-refractivity contribution in [2.45, 2.75) is 12.6 Å². The number of ether oxygens (including phenoxy) is 2. The SMILES string of the molecule is CNC[C@@H](C(=O)OC)N(C)C(=O)OCc1ccccc1. The highest BCUT2D eigenvalue weighted by molar-refractivity contribution is 5.81. The number of nitrogens with zero attached hydrogens (tertiary/aromatic N) is 1. The van der Waals surface area contributed by atoms with Crippen LogP contribution in [0.5, 0.6) is 0 Å². The molecule has 1 rings (SSSR count). The summed E-state index contributed by atoms with van der Waals surface area (Å²) in [5, 5.41) is 2.84. The summed E-state index contributed by atoms with van der Waals surface area (Å²) in [7, 11) is 4.49. The van der Waals surface area contributed by atoms with Crippen LogP contribution in [0.1, 0.15) is 5.56 Å². The van der Waals surface area contributed by atoms with E-state index >= 15 is 0 Å². The number of nitrogens with one attached hydrogen (secondary N) is 1. The van der Waals surface area contributed by atoms with E-state index in [-0.39, 0.29) is 6.61 Å². The maximum Gasteiger partial charge on any atom is 0.410 e. The molecule has 6 nitrogen and oxygen atoms in total. The molecule has 0 heterocycles. The Morgan fingerprint density at radius 1 is 1.30 bits per heavy atom. The third-order valence-corrected chi connectivity index (χ3v) is 2.83. The van der Waals surface area contributed by atoms with Crippen molar-refractivity contribution in [3.63, 3.8) is 0 Å². The van der Waals surface area contributed by atoms with E-state index in [1.165, 1.54) is 19.1 Å². The molecule has 0 unspecified atom stereocenters. The Morgan fingerprint density at radius 2 is 1.95 bits per heavy atom. The van der Waals surface area contributed by atoms with Gasteiger partial charge in [0.2, 0.25) is 0 Å². The standard InChI is InChI=1S/C14H20N2O4/c1-15-9-12(13(17)19-3)16(2)14(18)20-10-11-7-5-4-6-8-11/h4-8,12,15H,9-10H2,1-3H3/t12-/m0/s1. The lowest BCUT2D eigenvalue weighted by Crippen LogP contribution is -2.48. The van der Waals surface area contributed by atoms with E-state index in [0.29, 0.717) is 6.54 Å². The molecular weight excluding hydrogens is 260 g/mol. The van der Waals surface area contributed by atoms with Gasteiger partial charge in [-0.25, -0.2) is 9.59 Å². The summed E-state index contributed by atoms with van der Waals surface area (Å²) in [4.78, 5) is 24.8. The molecule has 1 aromatic carbocycles. The minimum Gasteiger partial charge on any atom is -0.467 e. The van der Waals surface area contributed by atoms with Gasteiger partial charge in [0, 0.05) is 13.6 Å². The molecule has 1 amide bonds. The second-order valence-electron chi connectivity index (χ2n) is 4.25. The number of carbonyl (C=O) groups is 2. The van der Waals surface area contributed by atoms with E-state index in [2.05, 4.69) is 10.1 Å². The third-order valence-electron chi connectivity index (χ3n) is 2.83. The lowest BCUT2D eigenvalue weighted by atomic mass is 10.2. The predicted molar refractivity (Wildman–Crippen MR) is 74.1 cm³/mol. The van der Waals surface area contributed by atoms with E-state index in [1.807, 2.05) is 30.3 Å². The summed E-state index contributed by atoms with van der Waals surface area (Å²) in [6.07, 6.45) is -0.570. The van der Waals surface area contributed by atoms with Crippen molar-refractivity contribution in [2.24, 2.45) is 0 Å². The topological polar surface area (TPSA) is 67.9 Å². The average Bonchev–Trinajstić information content (AvgIpc) is 2.49. The van der Waals surface area contributed by atoms with E-state index in [9.17, 15) is 9.59 Å². The van der Waals surface area contributed by atoms with Gasteiger partial charge >= 0.3 is 12.1 Å². The Kier molecular flexibility index (Phi) is 6.52. The molecule has 1 N–H and O–H groups in total. The van der Waals surface area contributed by atoms with Crippen LogP contribution in [0.25, 0.3) is 0 Å². The zero-order valence-corrected chi connectivity index (χ0v) is 12.0. The number of carbonyl (C=O) groups excluding carboxylic acids is 2. The fourth-order valence-electron chi connectivity index (χ4n) is 1.66. The molecule has 0 aliphatic heterocycles. The molecule has 6 heteroatoms. The van der Waals surface area contributed by atoms with Crippen molar-refractivity contribution in [1.29, 1.82) is 0 Å². The summed E-state index contributed by atoms with van der Waals surface area (Å²) < 4.78 is 9.83. The lowest BCUT2D eigenvalue weighted by Gasteiger charge is -2.25. The minimum absolute atomic E-state index is 0.164. The summed E-state index contributed by atoms with van der Waals surface area (Å²) in [5.41, 5.74) is 0.887. The van der Waals surface area contributed by atoms with Crippen molar-refractivity contribution in [3.05, 3.63) is 35.9 Å². The predicted octanol–water partition coefficient (Wildman–Crippen LogP) is 1.02. The summed E-state index contributed by atoms with van der Waals surface area (Å²) >= 11 is 0. The van der Waals surface area contributed by atoms with Crippen LogP contribution in [-0.2, 0) is 20.9 Å². The molecule has 1 aromatic rings. The molecule has 0 aromatic heterocycles. The second kappa shape index (κ2) is 8.16. The Morgan fingerprint density at radius 3 is 2.50 bits per heavy atom. The van der Waals surface area contributed by atoms with Crippen LogP contribution >= 0.6 is 0 Å². The van der Waals surface area contributed by atoms with Crippen molar-refractivity contribution in [1.82, 2.24) is 10.2 Å². The Bertz CT molecular complexity index is 436. The number of likely N-dealkylation sites (N-methyl/N-ethyl adjacent to an activating group) is 2. The molecular formula is C14H20N2O4. The molecule has 20 heavy (non-hydrogen) atoms. The first kappa shape index (κ1) is 16.0. The summed E-state index contributed by atoms with van der Waals surface area (Å²) in [5.74, 6) is -0.487. The number of hydrogen-bond donors (Lipinski definition) is 1. The highest BCUT2D eigenvalue weighted by Crippen LogP contribution is 2.05. The number of methoxy groups -OCH3 is 1. The van der Waals surface area contributed by atoms with E-state index < -0.39 is 18.1 Å². The smallest absolute Gasteiger partial charge is 0.410 e. The molecule has 0 fully saturated rings. The van der Waals surface area contributed by atoms with Gasteiger partial charge in [0.25, 0.3) is 0 Å². The largest absolute Gasteiger partial charge is 0.467 e. The minimum atomic E-state index is -0.715. The van der Waals surface area contributed by atoms with Crippen LogP contribution < -0.4 is 5.32 Å². The highest BCUT2D eigenvalue weighted by Gasteiger charge is 2.28. The molecule has 0 radical (unpaired) electrons. The summed E-state index contributed by atoms with van der Waals surface area (Å²) in [6.45, 7) is 0.459. The first-order chi connectivity index (χ1) is 9.60. The molecule has 110 valence electrons. The molecule has 0 aliphatic rings. The number of amides is 1. The van der Waals surface area contributed by atoms with Crippen LogP contribution in [-0.4, -0.2) is 50.8 Å². The fraction of sp³-hybridized carbons (Fsp3) is 0.429. The first-order valence-corrected chi connectivity index (χ1v) is 6.26. The number of esters is 1. The van der Waals surface area contributed by atoms with Gasteiger partial charge in [-0.15, -0.1) is 0 Å². The fourth-order valence-corrected chi connectivity index (χ4v) is 1.66. The Hall–Kier alpha value is -2.08. The number of rotatable bonds is 6. The summed E-state index contributed by atoms with van der Waals surface area (Å²) in [6, 6.07) is 8.62. The quantitative estimate of drug-likeness (QED) is 0.788. The maximum absolute atomic E-state index is 11.9. The van der Waals surface area contributed by atoms with Crippen LogP contribution in [0, 0.1) is 0 Å². The number of hydrogen-bond acceptors (Lipinski definition) is 5. The Labute approximate surface area is 118 Å². The van der Waals surface area contributed by atoms with Gasteiger partial charge in [0.15, 0.2) is 0 Å². The molecule has 0 saturated carbocycles. The molecule has 0 aliphatic carbocycles. The Balaban J connectivity index is 2.58. The van der Waals surface area contributed by atoms with Crippen LogP contribution in [0.2, 0.25) is 0 Å². The van der Waals surface area contributed by atoms with Gasteiger partial charge in [0.05, 0.1) is 7.11 Å². The average molecular weight is 280 g/mol. The van der Waals surface area contributed by atoms with E-state index in [4.69, 9.17) is 4.74 Å². The van der Waals surface area contributed by atoms with Gasteiger partial charge in [0.1, 0.15) is 12.6 Å². The van der Waals surface area contributed by atoms with Gasteiger partial charge in [-0.1, -0.05) is 30.3 Å². The van der Waals surface area contributed by atoms with Crippen LogP contribution in [0.4, 0.5) is 4.79 Å². The highest BCUT2D eigenvalue weighted by atomic mass is 16.6. The maximum atomic E-state index is 11.9. The molecule has 1 atom stereocenters. The van der Waals surface area contributed by atoms with Crippen molar-refractivity contribution < 1.29 is 19.1 Å². The van der Waals surface area contributed by atoms with E-state index in [0.717, 1.165) is 5.56 Å². The van der Waals surface area contributed by atoms with Crippen molar-refractivity contribution in [2.75, 3.05) is 27.7 Å². The van der Waals surface area contributed by atoms with Crippen molar-refractivity contribution >= 4 is 12.1 Å². The van der Waals surface area contributed by atoms with Gasteiger partial charge in [-0.05, 0) is 12.6 Å². The van der Waals surface area contributed by atoms with E-state index in [1.54, 1.807) is 7.05 Å². The number of benzene rings is 1. The third kappa shape index (κ3) is 4.55. The monoisotopic (exact) mass is 280 g/mol.